The molecule has 0 aliphatic heterocycles. The molecule has 146 valence electrons. The maximum atomic E-state index is 12.4. The molecule has 1 atom stereocenters. The van der Waals surface area contributed by atoms with Crippen molar-refractivity contribution in [1.29, 1.82) is 0 Å². The molecule has 0 aliphatic rings. The Labute approximate surface area is 172 Å². The molecule has 4 aromatic rings. The van der Waals surface area contributed by atoms with Crippen molar-refractivity contribution in [2.75, 3.05) is 0 Å². The Morgan fingerprint density at radius 3 is 2.55 bits per heavy atom. The van der Waals surface area contributed by atoms with Gasteiger partial charge in [-0.2, -0.15) is 0 Å². The number of aryl methyl sites for hydroxylation is 1. The van der Waals surface area contributed by atoms with Crippen LogP contribution in [0.4, 0.5) is 0 Å². The van der Waals surface area contributed by atoms with Gasteiger partial charge in [0.2, 0.25) is 5.91 Å². The highest BCUT2D eigenvalue weighted by molar-refractivity contribution is 7.16. The van der Waals surface area contributed by atoms with E-state index in [0.717, 1.165) is 21.5 Å². The molecule has 1 N–H and O–H groups in total. The highest BCUT2D eigenvalue weighted by Gasteiger charge is 2.11. The molecule has 1 amide bonds. The molecule has 1 unspecified atom stereocenters. The second-order valence-electron chi connectivity index (χ2n) is 6.91. The largest absolute Gasteiger partial charge is 0.350 e. The lowest BCUT2D eigenvalue weighted by atomic mass is 10.0. The summed E-state index contributed by atoms with van der Waals surface area (Å²) in [6.45, 7) is 2.27. The molecule has 0 spiro atoms. The number of thiophene rings is 1. The fraction of sp³-hybridized carbons (Fsp3) is 0.174. The number of nitrogens with zero attached hydrogens (tertiary/aromatic N) is 2. The number of hydrogen-bond donors (Lipinski definition) is 1. The third kappa shape index (κ3) is 4.27. The van der Waals surface area contributed by atoms with Gasteiger partial charge < -0.3 is 5.32 Å². The van der Waals surface area contributed by atoms with E-state index >= 15 is 0 Å². The third-order valence-electron chi connectivity index (χ3n) is 4.93. The van der Waals surface area contributed by atoms with Crippen molar-refractivity contribution < 1.29 is 4.79 Å². The Bertz CT molecular complexity index is 1180. The summed E-state index contributed by atoms with van der Waals surface area (Å²) in [4.78, 5) is 29.8. The summed E-state index contributed by atoms with van der Waals surface area (Å²) in [6.07, 6.45) is 1.74. The van der Waals surface area contributed by atoms with E-state index in [-0.39, 0.29) is 23.9 Å². The van der Waals surface area contributed by atoms with Gasteiger partial charge in [0.05, 0.1) is 17.8 Å². The Morgan fingerprint density at radius 1 is 1.07 bits per heavy atom. The second kappa shape index (κ2) is 8.41. The maximum Gasteiger partial charge on any atom is 0.262 e. The predicted octanol–water partition coefficient (Wildman–Crippen LogP) is 4.39. The molecule has 2 aromatic heterocycles. The average molecular weight is 404 g/mol. The molecule has 0 aliphatic carbocycles. The van der Waals surface area contributed by atoms with Crippen LogP contribution in [-0.2, 0) is 11.3 Å². The van der Waals surface area contributed by atoms with E-state index in [2.05, 4.69) is 34.6 Å². The van der Waals surface area contributed by atoms with E-state index in [0.29, 0.717) is 11.9 Å². The molecule has 2 heterocycles. The average Bonchev–Trinajstić information content (AvgIpc) is 3.24. The van der Waals surface area contributed by atoms with Crippen molar-refractivity contribution in [2.24, 2.45) is 0 Å². The fourth-order valence-electron chi connectivity index (χ4n) is 3.27. The highest BCUT2D eigenvalue weighted by Crippen LogP contribution is 2.21. The smallest absolute Gasteiger partial charge is 0.262 e. The van der Waals surface area contributed by atoms with Crippen LogP contribution in [0.25, 0.3) is 21.3 Å². The molecule has 6 heteroatoms. The second-order valence-corrected chi connectivity index (χ2v) is 7.80. The standard InChI is InChI=1S/C23H21N3O2S/c1-16(17-7-9-19(10-8-17)18-5-3-2-4-6-18)25-21(27)11-13-26-15-24-22-20(23(26)28)12-14-29-22/h2-10,12,14-16H,11,13H2,1H3,(H,25,27). The van der Waals surface area contributed by atoms with E-state index in [9.17, 15) is 9.59 Å². The maximum absolute atomic E-state index is 12.4. The van der Waals surface area contributed by atoms with Crippen molar-refractivity contribution in [3.63, 3.8) is 0 Å². The van der Waals surface area contributed by atoms with Gasteiger partial charge in [0.25, 0.3) is 5.56 Å². The first kappa shape index (κ1) is 19.1. The highest BCUT2D eigenvalue weighted by atomic mass is 32.1. The quantitative estimate of drug-likeness (QED) is 0.519. The van der Waals surface area contributed by atoms with Gasteiger partial charge >= 0.3 is 0 Å². The molecule has 2 aromatic carbocycles. The van der Waals surface area contributed by atoms with E-state index in [1.54, 1.807) is 6.07 Å². The number of aromatic nitrogens is 2. The predicted molar refractivity (Wildman–Crippen MR) is 117 cm³/mol. The SMILES string of the molecule is CC(NC(=O)CCn1cnc2sccc2c1=O)c1ccc(-c2ccccc2)cc1. The van der Waals surface area contributed by atoms with E-state index in [1.165, 1.54) is 22.2 Å². The number of carbonyl (C=O) groups excluding carboxylic acids is 1. The van der Waals surface area contributed by atoms with Gasteiger partial charge in [-0.25, -0.2) is 4.98 Å². The number of rotatable bonds is 6. The van der Waals surface area contributed by atoms with Gasteiger partial charge in [-0.1, -0.05) is 54.6 Å². The van der Waals surface area contributed by atoms with Crippen LogP contribution in [0.3, 0.4) is 0 Å². The molecular weight excluding hydrogens is 382 g/mol. The molecular formula is C23H21N3O2S. The zero-order valence-corrected chi connectivity index (χ0v) is 16.9. The Morgan fingerprint density at radius 2 is 1.79 bits per heavy atom. The Kier molecular flexibility index (Phi) is 5.53. The van der Waals surface area contributed by atoms with E-state index < -0.39 is 0 Å². The first-order valence-electron chi connectivity index (χ1n) is 9.49. The van der Waals surface area contributed by atoms with Crippen LogP contribution in [0, 0.1) is 0 Å². The van der Waals surface area contributed by atoms with Crippen LogP contribution in [0.2, 0.25) is 0 Å². The van der Waals surface area contributed by atoms with Crippen LogP contribution in [0.1, 0.15) is 24.9 Å². The van der Waals surface area contributed by atoms with Crippen LogP contribution < -0.4 is 10.9 Å². The Hall–Kier alpha value is -3.25. The van der Waals surface area contributed by atoms with Gasteiger partial charge in [0.15, 0.2) is 0 Å². The van der Waals surface area contributed by atoms with E-state index in [4.69, 9.17) is 0 Å². The molecule has 0 fully saturated rings. The van der Waals surface area contributed by atoms with Gasteiger partial charge in [-0.15, -0.1) is 11.3 Å². The normalized spacial score (nSPS) is 12.0. The zero-order valence-electron chi connectivity index (χ0n) is 16.0. The van der Waals surface area contributed by atoms with Crippen LogP contribution in [0.5, 0.6) is 0 Å². The summed E-state index contributed by atoms with van der Waals surface area (Å²) in [6, 6.07) is 20.0. The summed E-state index contributed by atoms with van der Waals surface area (Å²) in [5, 5.41) is 5.45. The summed E-state index contributed by atoms with van der Waals surface area (Å²) in [7, 11) is 0. The monoisotopic (exact) mass is 403 g/mol. The molecule has 0 radical (unpaired) electrons. The van der Waals surface area contributed by atoms with Gasteiger partial charge in [0.1, 0.15) is 4.83 Å². The van der Waals surface area contributed by atoms with Crippen molar-refractivity contribution in [3.05, 3.63) is 88.3 Å². The van der Waals surface area contributed by atoms with Crippen LogP contribution in [0.15, 0.2) is 77.2 Å². The first-order valence-corrected chi connectivity index (χ1v) is 10.4. The lowest BCUT2D eigenvalue weighted by Crippen LogP contribution is -2.29. The molecule has 29 heavy (non-hydrogen) atoms. The summed E-state index contributed by atoms with van der Waals surface area (Å²) < 4.78 is 1.49. The molecule has 0 saturated carbocycles. The lowest BCUT2D eigenvalue weighted by molar-refractivity contribution is -0.121. The van der Waals surface area contributed by atoms with Crippen molar-refractivity contribution in [3.8, 4) is 11.1 Å². The molecule has 4 rings (SSSR count). The molecule has 5 nitrogen and oxygen atoms in total. The van der Waals surface area contributed by atoms with Gasteiger partial charge in [-0.3, -0.25) is 14.2 Å². The molecule has 0 bridgehead atoms. The number of nitrogens with one attached hydrogen (secondary N) is 1. The molecule has 0 saturated heterocycles. The van der Waals surface area contributed by atoms with Crippen molar-refractivity contribution in [1.82, 2.24) is 14.9 Å². The minimum absolute atomic E-state index is 0.0954. The third-order valence-corrected chi connectivity index (χ3v) is 5.75. The van der Waals surface area contributed by atoms with Gasteiger partial charge in [0, 0.05) is 13.0 Å². The topological polar surface area (TPSA) is 64.0 Å². The van der Waals surface area contributed by atoms with E-state index in [1.807, 2.05) is 42.6 Å². The van der Waals surface area contributed by atoms with Crippen LogP contribution in [-0.4, -0.2) is 15.5 Å². The van der Waals surface area contributed by atoms with Crippen molar-refractivity contribution in [2.45, 2.75) is 25.9 Å². The zero-order chi connectivity index (χ0) is 20.2. The van der Waals surface area contributed by atoms with Gasteiger partial charge in [-0.05, 0) is 35.1 Å². The first-order chi connectivity index (χ1) is 14.1. The lowest BCUT2D eigenvalue weighted by Gasteiger charge is -2.15. The summed E-state index contributed by atoms with van der Waals surface area (Å²) in [5.41, 5.74) is 3.24. The number of fused-ring (bicyclic) bond motifs is 1. The fourth-order valence-corrected chi connectivity index (χ4v) is 3.99. The Balaban J connectivity index is 1.36. The number of carbonyl (C=O) groups is 1. The minimum atomic E-state index is -0.110. The summed E-state index contributed by atoms with van der Waals surface area (Å²) >= 11 is 1.44. The number of amides is 1. The van der Waals surface area contributed by atoms with Crippen molar-refractivity contribution >= 4 is 27.5 Å². The minimum Gasteiger partial charge on any atom is -0.350 e. The number of hydrogen-bond acceptors (Lipinski definition) is 4. The van der Waals surface area contributed by atoms with Crippen LogP contribution >= 0.6 is 11.3 Å². The summed E-state index contributed by atoms with van der Waals surface area (Å²) in [5.74, 6) is -0.0954. The number of benzene rings is 2.